The summed E-state index contributed by atoms with van der Waals surface area (Å²) in [5, 5.41) is 3.31. The lowest BCUT2D eigenvalue weighted by Gasteiger charge is -2.21. The molecule has 0 fully saturated rings. The van der Waals surface area contributed by atoms with Gasteiger partial charge < -0.3 is 14.8 Å². The van der Waals surface area contributed by atoms with Crippen LogP contribution in [0.1, 0.15) is 31.9 Å². The molecule has 0 aliphatic rings. The van der Waals surface area contributed by atoms with E-state index in [2.05, 4.69) is 10.1 Å². The van der Waals surface area contributed by atoms with Crippen LogP contribution in [0.15, 0.2) is 54.2 Å². The maximum Gasteiger partial charge on any atom is 0.332 e. The van der Waals surface area contributed by atoms with E-state index in [-0.39, 0.29) is 16.8 Å². The Morgan fingerprint density at radius 1 is 1.27 bits per heavy atom. The van der Waals surface area contributed by atoms with Gasteiger partial charge in [-0.2, -0.15) is 0 Å². The fraction of sp³-hybridized carbons (Fsp3) is 0.250. The predicted molar refractivity (Wildman–Crippen MR) is 99.9 cm³/mol. The molecule has 1 N–H and O–H groups in total. The van der Waals surface area contributed by atoms with Crippen molar-refractivity contribution in [3.8, 4) is 11.5 Å². The number of allylic oxidation sites excluding steroid dienone is 1. The number of halogens is 2. The number of hydrogen-bond donors (Lipinski definition) is 1. The van der Waals surface area contributed by atoms with Gasteiger partial charge in [0.15, 0.2) is 11.6 Å². The van der Waals surface area contributed by atoms with E-state index in [1.165, 1.54) is 13.2 Å². The Bertz CT molecular complexity index is 793. The third-order valence-corrected chi connectivity index (χ3v) is 4.06. The highest BCUT2D eigenvalue weighted by atomic mass is 35.5. The SMILES string of the molecule is CC[C@@H](N/C(C)=C/C(=O)OC)c1ccc(Cl)c(Oc2ccccc2)c1F. The molecule has 0 radical (unpaired) electrons. The molecule has 0 saturated heterocycles. The molecular weight excluding hydrogens is 357 g/mol. The predicted octanol–water partition coefficient (Wildman–Crippen LogP) is 5.39. The molecule has 0 spiro atoms. The van der Waals surface area contributed by atoms with Gasteiger partial charge in [0.1, 0.15) is 5.75 Å². The lowest BCUT2D eigenvalue weighted by atomic mass is 10.0. The molecule has 0 bridgehead atoms. The smallest absolute Gasteiger partial charge is 0.332 e. The third-order valence-electron chi connectivity index (χ3n) is 3.76. The minimum absolute atomic E-state index is 0.0229. The first-order valence-corrected chi connectivity index (χ1v) is 8.57. The van der Waals surface area contributed by atoms with Gasteiger partial charge in [-0.25, -0.2) is 9.18 Å². The van der Waals surface area contributed by atoms with Crippen LogP contribution in [0.3, 0.4) is 0 Å². The van der Waals surface area contributed by atoms with Gasteiger partial charge >= 0.3 is 5.97 Å². The first-order chi connectivity index (χ1) is 12.5. The molecule has 26 heavy (non-hydrogen) atoms. The summed E-state index contributed by atoms with van der Waals surface area (Å²) in [6.45, 7) is 3.63. The van der Waals surface area contributed by atoms with Crippen molar-refractivity contribution in [2.45, 2.75) is 26.3 Å². The zero-order valence-electron chi connectivity index (χ0n) is 14.9. The quantitative estimate of drug-likeness (QED) is 0.519. The molecular formula is C20H21ClFNO3. The Hall–Kier alpha value is -2.53. The molecule has 2 rings (SSSR count). The van der Waals surface area contributed by atoms with Gasteiger partial charge in [0.25, 0.3) is 0 Å². The Kier molecular flexibility index (Phi) is 7.04. The van der Waals surface area contributed by atoms with Crippen LogP contribution in [-0.2, 0) is 9.53 Å². The largest absolute Gasteiger partial charge is 0.466 e. The highest BCUT2D eigenvalue weighted by Crippen LogP contribution is 2.36. The number of rotatable bonds is 7. The first kappa shape index (κ1) is 19.8. The summed E-state index contributed by atoms with van der Waals surface area (Å²) in [5.74, 6) is -0.542. The lowest BCUT2D eigenvalue weighted by Crippen LogP contribution is -2.21. The van der Waals surface area contributed by atoms with Crippen LogP contribution in [0.25, 0.3) is 0 Å². The maximum atomic E-state index is 15.1. The van der Waals surface area contributed by atoms with Gasteiger partial charge in [-0.3, -0.25) is 0 Å². The Morgan fingerprint density at radius 3 is 2.58 bits per heavy atom. The number of methoxy groups -OCH3 is 1. The number of carbonyl (C=O) groups excluding carboxylic acids is 1. The van der Waals surface area contributed by atoms with Crippen molar-refractivity contribution >= 4 is 17.6 Å². The van der Waals surface area contributed by atoms with Crippen LogP contribution in [0.4, 0.5) is 4.39 Å². The van der Waals surface area contributed by atoms with Crippen LogP contribution >= 0.6 is 11.6 Å². The van der Waals surface area contributed by atoms with Crippen LogP contribution in [0.5, 0.6) is 11.5 Å². The molecule has 0 heterocycles. The van der Waals surface area contributed by atoms with Crippen molar-refractivity contribution in [2.75, 3.05) is 7.11 Å². The van der Waals surface area contributed by atoms with E-state index >= 15 is 4.39 Å². The Balaban J connectivity index is 2.31. The van der Waals surface area contributed by atoms with E-state index in [4.69, 9.17) is 16.3 Å². The molecule has 0 saturated carbocycles. The Labute approximate surface area is 157 Å². The van der Waals surface area contributed by atoms with Crippen LogP contribution in [0, 0.1) is 5.82 Å². The van der Waals surface area contributed by atoms with Gasteiger partial charge in [0.2, 0.25) is 0 Å². The molecule has 0 unspecified atom stereocenters. The highest BCUT2D eigenvalue weighted by Gasteiger charge is 2.20. The highest BCUT2D eigenvalue weighted by molar-refractivity contribution is 6.32. The van der Waals surface area contributed by atoms with Crippen molar-refractivity contribution in [1.82, 2.24) is 5.32 Å². The molecule has 2 aromatic carbocycles. The second-order valence-corrected chi connectivity index (χ2v) is 6.06. The molecule has 6 heteroatoms. The minimum atomic E-state index is -0.536. The number of esters is 1. The number of ether oxygens (including phenoxy) is 2. The third kappa shape index (κ3) is 4.99. The van der Waals surface area contributed by atoms with Gasteiger partial charge in [0.05, 0.1) is 18.2 Å². The average molecular weight is 378 g/mol. The second-order valence-electron chi connectivity index (χ2n) is 5.65. The lowest BCUT2D eigenvalue weighted by molar-refractivity contribution is -0.134. The molecule has 4 nitrogen and oxygen atoms in total. The second kappa shape index (κ2) is 9.25. The molecule has 0 aliphatic heterocycles. The van der Waals surface area contributed by atoms with Crippen molar-refractivity contribution in [3.63, 3.8) is 0 Å². The average Bonchev–Trinajstić information content (AvgIpc) is 2.64. The molecule has 138 valence electrons. The number of nitrogens with one attached hydrogen (secondary N) is 1. The number of carbonyl (C=O) groups is 1. The maximum absolute atomic E-state index is 15.1. The van der Waals surface area contributed by atoms with Gasteiger partial charge in [-0.1, -0.05) is 42.8 Å². The first-order valence-electron chi connectivity index (χ1n) is 8.19. The van der Waals surface area contributed by atoms with E-state index < -0.39 is 11.8 Å². The normalized spacial score (nSPS) is 12.4. The van der Waals surface area contributed by atoms with Crippen molar-refractivity contribution in [3.05, 3.63) is 70.6 Å². The zero-order valence-corrected chi connectivity index (χ0v) is 15.6. The molecule has 0 aromatic heterocycles. The van der Waals surface area contributed by atoms with E-state index in [0.717, 1.165) is 0 Å². The number of benzene rings is 2. The van der Waals surface area contributed by atoms with E-state index in [1.807, 2.05) is 13.0 Å². The monoisotopic (exact) mass is 377 g/mol. The van der Waals surface area contributed by atoms with Crippen molar-refractivity contribution in [1.29, 1.82) is 0 Å². The molecule has 2 aromatic rings. The number of hydrogen-bond acceptors (Lipinski definition) is 4. The zero-order chi connectivity index (χ0) is 19.1. The summed E-state index contributed by atoms with van der Waals surface area (Å²) in [6, 6.07) is 11.7. The Morgan fingerprint density at radius 2 is 1.96 bits per heavy atom. The van der Waals surface area contributed by atoms with E-state index in [1.54, 1.807) is 43.3 Å². The van der Waals surface area contributed by atoms with Crippen molar-refractivity contribution < 1.29 is 18.7 Å². The molecule has 0 aliphatic carbocycles. The fourth-order valence-electron chi connectivity index (χ4n) is 2.47. The summed E-state index contributed by atoms with van der Waals surface area (Å²) in [6.07, 6.45) is 1.91. The van der Waals surface area contributed by atoms with Crippen LogP contribution in [0.2, 0.25) is 5.02 Å². The number of para-hydroxylation sites is 1. The standard InChI is InChI=1S/C20H21ClFNO3/c1-4-17(23-13(2)12-18(24)25-3)15-10-11-16(21)20(19(15)22)26-14-8-6-5-7-9-14/h5-12,17,23H,4H2,1-3H3/b13-12+/t17-/m1/s1. The van der Waals surface area contributed by atoms with E-state index in [0.29, 0.717) is 23.4 Å². The summed E-state index contributed by atoms with van der Waals surface area (Å²) in [7, 11) is 1.30. The van der Waals surface area contributed by atoms with Gasteiger partial charge in [-0.15, -0.1) is 0 Å². The molecule has 0 amide bonds. The summed E-state index contributed by atoms with van der Waals surface area (Å²) in [4.78, 5) is 11.3. The van der Waals surface area contributed by atoms with E-state index in [9.17, 15) is 4.79 Å². The van der Waals surface area contributed by atoms with Crippen molar-refractivity contribution in [2.24, 2.45) is 0 Å². The van der Waals surface area contributed by atoms with Gasteiger partial charge in [0, 0.05) is 17.3 Å². The van der Waals surface area contributed by atoms with Gasteiger partial charge in [-0.05, 0) is 31.5 Å². The topological polar surface area (TPSA) is 47.6 Å². The minimum Gasteiger partial charge on any atom is -0.466 e. The van der Waals surface area contributed by atoms with Crippen LogP contribution in [-0.4, -0.2) is 13.1 Å². The fourth-order valence-corrected chi connectivity index (χ4v) is 2.65. The van der Waals surface area contributed by atoms with Crippen LogP contribution < -0.4 is 10.1 Å². The summed E-state index contributed by atoms with van der Waals surface area (Å²) in [5.41, 5.74) is 0.976. The summed E-state index contributed by atoms with van der Waals surface area (Å²) >= 11 is 6.13. The summed E-state index contributed by atoms with van der Waals surface area (Å²) < 4.78 is 25.3. The molecule has 1 atom stereocenters.